The van der Waals surface area contributed by atoms with Gasteiger partial charge in [0, 0.05) is 5.56 Å². The van der Waals surface area contributed by atoms with Gasteiger partial charge >= 0.3 is 0 Å². The molecule has 5 N–H and O–H groups in total. The number of aromatic nitrogens is 2. The predicted octanol–water partition coefficient (Wildman–Crippen LogP) is 1.88. The molecule has 0 bridgehead atoms. The SMILES string of the molecule is COc1ccccc1C(N)c1noc(C(N)c2cccc(O)c2)n1. The van der Waals surface area contributed by atoms with Crippen molar-refractivity contribution >= 4 is 0 Å². The molecule has 3 rings (SSSR count). The van der Waals surface area contributed by atoms with Crippen molar-refractivity contribution in [2.75, 3.05) is 7.11 Å². The summed E-state index contributed by atoms with van der Waals surface area (Å²) < 4.78 is 10.6. The van der Waals surface area contributed by atoms with Crippen molar-refractivity contribution < 1.29 is 14.4 Å². The Morgan fingerprint density at radius 1 is 1.08 bits per heavy atom. The number of methoxy groups -OCH3 is 1. The predicted molar refractivity (Wildman–Crippen MR) is 87.5 cm³/mol. The summed E-state index contributed by atoms with van der Waals surface area (Å²) in [5, 5.41) is 13.5. The van der Waals surface area contributed by atoms with E-state index >= 15 is 0 Å². The standard InChI is InChI=1S/C17H18N4O3/c1-23-13-8-3-2-7-12(13)15(19)16-20-17(24-21-16)14(18)10-5-4-6-11(22)9-10/h2-9,14-15,22H,18-19H2,1H3. The third-order valence-corrected chi connectivity index (χ3v) is 3.70. The molecule has 0 radical (unpaired) electrons. The number of benzene rings is 2. The summed E-state index contributed by atoms with van der Waals surface area (Å²) in [5.74, 6) is 1.30. The van der Waals surface area contributed by atoms with Crippen molar-refractivity contribution in [3.05, 3.63) is 71.4 Å². The molecule has 2 aromatic carbocycles. The Hall–Kier alpha value is -2.90. The lowest BCUT2D eigenvalue weighted by Crippen LogP contribution is -2.16. The molecular weight excluding hydrogens is 308 g/mol. The quantitative estimate of drug-likeness (QED) is 0.654. The highest BCUT2D eigenvalue weighted by Gasteiger charge is 2.22. The first-order chi connectivity index (χ1) is 11.6. The summed E-state index contributed by atoms with van der Waals surface area (Å²) in [6.45, 7) is 0. The maximum atomic E-state index is 9.55. The van der Waals surface area contributed by atoms with Gasteiger partial charge in [-0.05, 0) is 23.8 Å². The van der Waals surface area contributed by atoms with Crippen LogP contribution < -0.4 is 16.2 Å². The average Bonchev–Trinajstić information content (AvgIpc) is 3.10. The zero-order valence-corrected chi connectivity index (χ0v) is 13.1. The molecule has 1 heterocycles. The van der Waals surface area contributed by atoms with Gasteiger partial charge in [0.15, 0.2) is 5.82 Å². The monoisotopic (exact) mass is 326 g/mol. The molecule has 0 fully saturated rings. The third-order valence-electron chi connectivity index (χ3n) is 3.70. The van der Waals surface area contributed by atoms with Gasteiger partial charge in [0.1, 0.15) is 17.5 Å². The number of nitrogens with two attached hydrogens (primary N) is 2. The van der Waals surface area contributed by atoms with Crippen LogP contribution in [0.2, 0.25) is 0 Å². The lowest BCUT2D eigenvalue weighted by atomic mass is 10.1. The van der Waals surface area contributed by atoms with E-state index in [0.29, 0.717) is 17.1 Å². The molecule has 0 saturated carbocycles. The van der Waals surface area contributed by atoms with Gasteiger partial charge in [-0.25, -0.2) is 0 Å². The number of nitrogens with zero attached hydrogens (tertiary/aromatic N) is 2. The second kappa shape index (κ2) is 6.69. The molecule has 2 atom stereocenters. The topological polar surface area (TPSA) is 120 Å². The van der Waals surface area contributed by atoms with E-state index in [1.807, 2.05) is 24.3 Å². The minimum Gasteiger partial charge on any atom is -0.508 e. The van der Waals surface area contributed by atoms with Crippen molar-refractivity contribution in [1.29, 1.82) is 0 Å². The third kappa shape index (κ3) is 3.08. The molecule has 0 aliphatic heterocycles. The molecule has 7 nitrogen and oxygen atoms in total. The number of phenols is 1. The Balaban J connectivity index is 1.87. The fraction of sp³-hybridized carbons (Fsp3) is 0.176. The highest BCUT2D eigenvalue weighted by atomic mass is 16.5. The first-order valence-corrected chi connectivity index (χ1v) is 7.36. The van der Waals surface area contributed by atoms with E-state index in [-0.39, 0.29) is 11.6 Å². The van der Waals surface area contributed by atoms with Gasteiger partial charge in [0.2, 0.25) is 5.89 Å². The molecule has 0 amide bonds. The van der Waals surface area contributed by atoms with Crippen LogP contribution in [-0.4, -0.2) is 22.4 Å². The zero-order valence-electron chi connectivity index (χ0n) is 13.1. The second-order valence-corrected chi connectivity index (χ2v) is 5.28. The van der Waals surface area contributed by atoms with Gasteiger partial charge in [0.05, 0.1) is 13.2 Å². The molecule has 7 heteroatoms. The van der Waals surface area contributed by atoms with Crippen molar-refractivity contribution in [3.63, 3.8) is 0 Å². The summed E-state index contributed by atoms with van der Waals surface area (Å²) >= 11 is 0. The zero-order chi connectivity index (χ0) is 17.1. The molecule has 0 aliphatic carbocycles. The fourth-order valence-electron chi connectivity index (χ4n) is 2.42. The van der Waals surface area contributed by atoms with E-state index in [9.17, 15) is 5.11 Å². The molecule has 24 heavy (non-hydrogen) atoms. The minimum absolute atomic E-state index is 0.119. The lowest BCUT2D eigenvalue weighted by molar-refractivity contribution is 0.360. The number of hydrogen-bond acceptors (Lipinski definition) is 7. The number of phenolic OH excluding ortho intramolecular Hbond substituents is 1. The van der Waals surface area contributed by atoms with E-state index in [0.717, 1.165) is 5.56 Å². The van der Waals surface area contributed by atoms with E-state index in [1.165, 1.54) is 0 Å². The average molecular weight is 326 g/mol. The highest BCUT2D eigenvalue weighted by molar-refractivity contribution is 5.38. The van der Waals surface area contributed by atoms with Gasteiger partial charge in [-0.2, -0.15) is 4.98 Å². The first kappa shape index (κ1) is 16.0. The molecule has 0 spiro atoms. The Kier molecular flexibility index (Phi) is 4.45. The molecule has 3 aromatic rings. The molecule has 124 valence electrons. The summed E-state index contributed by atoms with van der Waals surface area (Å²) in [7, 11) is 1.57. The van der Waals surface area contributed by atoms with Crippen molar-refractivity contribution in [2.24, 2.45) is 11.5 Å². The summed E-state index contributed by atoms with van der Waals surface area (Å²) in [6.07, 6.45) is 0. The van der Waals surface area contributed by atoms with Gasteiger partial charge in [-0.15, -0.1) is 0 Å². The van der Waals surface area contributed by atoms with Crippen LogP contribution >= 0.6 is 0 Å². The Morgan fingerprint density at radius 3 is 2.62 bits per heavy atom. The molecular formula is C17H18N4O3. The van der Waals surface area contributed by atoms with Crippen molar-refractivity contribution in [2.45, 2.75) is 12.1 Å². The van der Waals surface area contributed by atoms with Crippen molar-refractivity contribution in [1.82, 2.24) is 10.1 Å². The minimum atomic E-state index is -0.650. The van der Waals surface area contributed by atoms with Crippen molar-refractivity contribution in [3.8, 4) is 11.5 Å². The second-order valence-electron chi connectivity index (χ2n) is 5.28. The molecule has 0 aliphatic rings. The highest BCUT2D eigenvalue weighted by Crippen LogP contribution is 2.28. The Morgan fingerprint density at radius 2 is 1.88 bits per heavy atom. The van der Waals surface area contributed by atoms with Gasteiger partial charge in [-0.1, -0.05) is 35.5 Å². The van der Waals surface area contributed by atoms with Gasteiger partial charge in [0.25, 0.3) is 0 Å². The number of ether oxygens (including phenoxy) is 1. The van der Waals surface area contributed by atoms with Crippen LogP contribution in [-0.2, 0) is 0 Å². The van der Waals surface area contributed by atoms with Crippen LogP contribution in [0.4, 0.5) is 0 Å². The maximum Gasteiger partial charge on any atom is 0.248 e. The van der Waals surface area contributed by atoms with Gasteiger partial charge in [-0.3, -0.25) is 0 Å². The van der Waals surface area contributed by atoms with Gasteiger partial charge < -0.3 is 25.8 Å². The molecule has 1 aromatic heterocycles. The Bertz CT molecular complexity index is 834. The van der Waals surface area contributed by atoms with E-state index < -0.39 is 12.1 Å². The van der Waals surface area contributed by atoms with E-state index in [1.54, 1.807) is 31.4 Å². The first-order valence-electron chi connectivity index (χ1n) is 7.36. The number of hydrogen-bond donors (Lipinski definition) is 3. The summed E-state index contributed by atoms with van der Waals surface area (Å²) in [5.41, 5.74) is 13.8. The molecule has 0 saturated heterocycles. The Labute approximate surface area is 138 Å². The lowest BCUT2D eigenvalue weighted by Gasteiger charge is -2.12. The number of rotatable bonds is 5. The summed E-state index contributed by atoms with van der Waals surface area (Å²) in [4.78, 5) is 4.30. The van der Waals surface area contributed by atoms with Crippen LogP contribution in [0.3, 0.4) is 0 Å². The fourth-order valence-corrected chi connectivity index (χ4v) is 2.42. The number of para-hydroxylation sites is 1. The van der Waals surface area contributed by atoms with Crippen LogP contribution in [0.1, 0.15) is 34.9 Å². The largest absolute Gasteiger partial charge is 0.508 e. The van der Waals surface area contributed by atoms with E-state index in [2.05, 4.69) is 10.1 Å². The van der Waals surface area contributed by atoms with Crippen LogP contribution in [0.15, 0.2) is 53.1 Å². The molecule has 2 unspecified atom stereocenters. The van der Waals surface area contributed by atoms with Crippen LogP contribution in [0.25, 0.3) is 0 Å². The van der Waals surface area contributed by atoms with Crippen LogP contribution in [0.5, 0.6) is 11.5 Å². The normalized spacial score (nSPS) is 13.5. The smallest absolute Gasteiger partial charge is 0.248 e. The summed E-state index contributed by atoms with van der Waals surface area (Å²) in [6, 6.07) is 12.7. The van der Waals surface area contributed by atoms with Crippen LogP contribution in [0, 0.1) is 0 Å². The van der Waals surface area contributed by atoms with E-state index in [4.69, 9.17) is 20.7 Å². The maximum absolute atomic E-state index is 9.55. The number of aromatic hydroxyl groups is 1.